The molecule has 1 heterocycles. The van der Waals surface area contributed by atoms with Gasteiger partial charge in [0.2, 0.25) is 0 Å². The number of aryl methyl sites for hydroxylation is 1. The molecular formula is C22H27N3O2. The van der Waals surface area contributed by atoms with Crippen LogP contribution in [0.2, 0.25) is 0 Å². The Hall–Kier alpha value is -2.82. The van der Waals surface area contributed by atoms with Crippen molar-refractivity contribution in [2.24, 2.45) is 0 Å². The summed E-state index contributed by atoms with van der Waals surface area (Å²) in [5.41, 5.74) is 4.54. The minimum Gasteiger partial charge on any atom is -0.495 e. The van der Waals surface area contributed by atoms with Crippen molar-refractivity contribution in [3.63, 3.8) is 0 Å². The normalized spacial score (nSPS) is 13.6. The SMILES string of the molecule is COc1ccc(C)cc1NC(=O)c1ccc(NCCC2=CCCCC2)cn1. The van der Waals surface area contributed by atoms with Gasteiger partial charge in [-0.25, -0.2) is 4.98 Å². The molecule has 1 aromatic heterocycles. The highest BCUT2D eigenvalue weighted by atomic mass is 16.5. The monoisotopic (exact) mass is 365 g/mol. The fourth-order valence-electron chi connectivity index (χ4n) is 3.24. The van der Waals surface area contributed by atoms with E-state index in [9.17, 15) is 4.79 Å². The van der Waals surface area contributed by atoms with Crippen molar-refractivity contribution in [3.8, 4) is 5.75 Å². The lowest BCUT2D eigenvalue weighted by molar-refractivity contribution is 0.102. The second-order valence-corrected chi connectivity index (χ2v) is 6.87. The Morgan fingerprint density at radius 3 is 2.81 bits per heavy atom. The van der Waals surface area contributed by atoms with Crippen LogP contribution in [0.3, 0.4) is 0 Å². The molecule has 1 aliphatic carbocycles. The highest BCUT2D eigenvalue weighted by Gasteiger charge is 2.11. The summed E-state index contributed by atoms with van der Waals surface area (Å²) in [6.45, 7) is 2.86. The molecule has 27 heavy (non-hydrogen) atoms. The predicted molar refractivity (Wildman–Crippen MR) is 110 cm³/mol. The minimum absolute atomic E-state index is 0.252. The number of aromatic nitrogens is 1. The molecule has 5 heteroatoms. The maximum absolute atomic E-state index is 12.5. The third kappa shape index (κ3) is 5.33. The zero-order valence-corrected chi connectivity index (χ0v) is 16.0. The molecule has 0 unspecified atom stereocenters. The standard InChI is InChI=1S/C22H27N3O2/c1-16-8-11-21(27-2)20(14-16)25-22(26)19-10-9-18(15-24-19)23-13-12-17-6-4-3-5-7-17/h6,8-11,14-15,23H,3-5,7,12-13H2,1-2H3,(H,25,26). The number of carbonyl (C=O) groups is 1. The molecule has 5 nitrogen and oxygen atoms in total. The lowest BCUT2D eigenvalue weighted by Gasteiger charge is -2.13. The third-order valence-corrected chi connectivity index (χ3v) is 4.76. The van der Waals surface area contributed by atoms with Crippen LogP contribution >= 0.6 is 0 Å². The lowest BCUT2D eigenvalue weighted by atomic mass is 9.97. The summed E-state index contributed by atoms with van der Waals surface area (Å²) >= 11 is 0. The van der Waals surface area contributed by atoms with Gasteiger partial charge in [0.25, 0.3) is 5.91 Å². The molecule has 0 bridgehead atoms. The molecule has 2 aromatic rings. The number of amides is 1. The van der Waals surface area contributed by atoms with Crippen LogP contribution in [0, 0.1) is 6.92 Å². The van der Waals surface area contributed by atoms with Gasteiger partial charge in [0.1, 0.15) is 11.4 Å². The summed E-state index contributed by atoms with van der Waals surface area (Å²) in [4.78, 5) is 16.8. The zero-order chi connectivity index (χ0) is 19.1. The largest absolute Gasteiger partial charge is 0.495 e. The van der Waals surface area contributed by atoms with Crippen molar-refractivity contribution in [2.75, 3.05) is 24.3 Å². The van der Waals surface area contributed by atoms with Gasteiger partial charge in [0, 0.05) is 6.54 Å². The second-order valence-electron chi connectivity index (χ2n) is 6.87. The van der Waals surface area contributed by atoms with Gasteiger partial charge in [0.15, 0.2) is 0 Å². The smallest absolute Gasteiger partial charge is 0.274 e. The van der Waals surface area contributed by atoms with Gasteiger partial charge in [-0.2, -0.15) is 0 Å². The molecule has 0 atom stereocenters. The van der Waals surface area contributed by atoms with Crippen molar-refractivity contribution >= 4 is 17.3 Å². The van der Waals surface area contributed by atoms with Crippen molar-refractivity contribution in [1.29, 1.82) is 0 Å². The average molecular weight is 365 g/mol. The summed E-state index contributed by atoms with van der Waals surface area (Å²) in [6.07, 6.45) is 10.2. The van der Waals surface area contributed by atoms with E-state index in [0.717, 1.165) is 24.2 Å². The van der Waals surface area contributed by atoms with Crippen LogP contribution in [0.25, 0.3) is 0 Å². The number of ether oxygens (including phenoxy) is 1. The van der Waals surface area contributed by atoms with Gasteiger partial charge >= 0.3 is 0 Å². The molecule has 2 N–H and O–H groups in total. The van der Waals surface area contributed by atoms with Crippen molar-refractivity contribution in [3.05, 3.63) is 59.4 Å². The third-order valence-electron chi connectivity index (χ3n) is 4.76. The predicted octanol–water partition coefficient (Wildman–Crippen LogP) is 4.95. The molecule has 0 fully saturated rings. The number of carbonyl (C=O) groups excluding carboxylic acids is 1. The van der Waals surface area contributed by atoms with Crippen molar-refractivity contribution < 1.29 is 9.53 Å². The van der Waals surface area contributed by atoms with Crippen LogP contribution in [0.1, 0.15) is 48.2 Å². The Balaban J connectivity index is 1.55. The first-order valence-corrected chi connectivity index (χ1v) is 9.49. The van der Waals surface area contributed by atoms with Crippen molar-refractivity contribution in [2.45, 2.75) is 39.0 Å². The van der Waals surface area contributed by atoms with Crippen LogP contribution in [-0.2, 0) is 0 Å². The summed E-state index contributed by atoms with van der Waals surface area (Å²) in [6, 6.07) is 9.29. The number of allylic oxidation sites excluding steroid dienone is 1. The number of nitrogens with zero attached hydrogens (tertiary/aromatic N) is 1. The zero-order valence-electron chi connectivity index (χ0n) is 16.0. The van der Waals surface area contributed by atoms with Crippen LogP contribution in [0.4, 0.5) is 11.4 Å². The van der Waals surface area contributed by atoms with Gasteiger partial charge in [-0.15, -0.1) is 0 Å². The van der Waals surface area contributed by atoms with Gasteiger partial charge < -0.3 is 15.4 Å². The summed E-state index contributed by atoms with van der Waals surface area (Å²) < 4.78 is 5.30. The molecule has 1 aliphatic rings. The van der Waals surface area contributed by atoms with Gasteiger partial charge in [-0.05, 0) is 68.9 Å². The van der Waals surface area contributed by atoms with Crippen LogP contribution in [-0.4, -0.2) is 24.5 Å². The number of benzene rings is 1. The van der Waals surface area contributed by atoms with E-state index in [1.165, 1.54) is 25.7 Å². The molecule has 0 saturated carbocycles. The molecule has 0 aliphatic heterocycles. The Kier molecular flexibility index (Phi) is 6.47. The molecule has 3 rings (SSSR count). The maximum atomic E-state index is 12.5. The van der Waals surface area contributed by atoms with E-state index in [2.05, 4.69) is 21.7 Å². The molecule has 1 amide bonds. The number of hydrogen-bond acceptors (Lipinski definition) is 4. The number of methoxy groups -OCH3 is 1. The van der Waals surface area contributed by atoms with Crippen LogP contribution in [0.5, 0.6) is 5.75 Å². The number of rotatable bonds is 7. The van der Waals surface area contributed by atoms with Crippen molar-refractivity contribution in [1.82, 2.24) is 4.98 Å². The Bertz CT molecular complexity index is 813. The molecule has 0 radical (unpaired) electrons. The first-order valence-electron chi connectivity index (χ1n) is 9.49. The number of nitrogens with one attached hydrogen (secondary N) is 2. The van der Waals surface area contributed by atoms with E-state index < -0.39 is 0 Å². The van der Waals surface area contributed by atoms with E-state index in [4.69, 9.17) is 4.74 Å². The number of anilines is 2. The summed E-state index contributed by atoms with van der Waals surface area (Å²) in [7, 11) is 1.59. The maximum Gasteiger partial charge on any atom is 0.274 e. The highest BCUT2D eigenvalue weighted by molar-refractivity contribution is 6.03. The van der Waals surface area contributed by atoms with E-state index in [0.29, 0.717) is 17.1 Å². The molecule has 142 valence electrons. The molecule has 1 aromatic carbocycles. The lowest BCUT2D eigenvalue weighted by Crippen LogP contribution is -2.14. The fraction of sp³-hybridized carbons (Fsp3) is 0.364. The Morgan fingerprint density at radius 1 is 1.22 bits per heavy atom. The van der Waals surface area contributed by atoms with Gasteiger partial charge in [-0.1, -0.05) is 17.7 Å². The Labute approximate surface area is 160 Å². The molecule has 0 saturated heterocycles. The quantitative estimate of drug-likeness (QED) is 0.681. The molecular weight excluding hydrogens is 338 g/mol. The second kappa shape index (κ2) is 9.21. The Morgan fingerprint density at radius 2 is 2.11 bits per heavy atom. The minimum atomic E-state index is -0.252. The highest BCUT2D eigenvalue weighted by Crippen LogP contribution is 2.25. The van der Waals surface area contributed by atoms with E-state index in [1.54, 1.807) is 24.9 Å². The molecule has 0 spiro atoms. The van der Waals surface area contributed by atoms with E-state index in [1.807, 2.05) is 31.2 Å². The number of pyridine rings is 1. The summed E-state index contributed by atoms with van der Waals surface area (Å²) in [5, 5.41) is 6.25. The van der Waals surface area contributed by atoms with Gasteiger partial charge in [-0.3, -0.25) is 4.79 Å². The average Bonchev–Trinajstić information content (AvgIpc) is 2.69. The van der Waals surface area contributed by atoms with Crippen LogP contribution in [0.15, 0.2) is 48.2 Å². The van der Waals surface area contributed by atoms with Crippen LogP contribution < -0.4 is 15.4 Å². The topological polar surface area (TPSA) is 63.2 Å². The first kappa shape index (κ1) is 19.0. The summed E-state index contributed by atoms with van der Waals surface area (Å²) in [5.74, 6) is 0.377. The van der Waals surface area contributed by atoms with E-state index >= 15 is 0 Å². The first-order chi connectivity index (χ1) is 13.2. The van der Waals surface area contributed by atoms with Gasteiger partial charge in [0.05, 0.1) is 24.7 Å². The number of hydrogen-bond donors (Lipinski definition) is 2. The fourth-order valence-corrected chi connectivity index (χ4v) is 3.24. The van der Waals surface area contributed by atoms with E-state index in [-0.39, 0.29) is 5.91 Å².